The second-order valence-corrected chi connectivity index (χ2v) is 5.80. The van der Waals surface area contributed by atoms with Crippen molar-refractivity contribution >= 4 is 5.78 Å². The number of Topliss-reactive ketones (excluding diaryl/α,β-unsaturated/α-hetero) is 1. The van der Waals surface area contributed by atoms with Gasteiger partial charge in [-0.25, -0.2) is 0 Å². The van der Waals surface area contributed by atoms with Crippen LogP contribution >= 0.6 is 0 Å². The summed E-state index contributed by atoms with van der Waals surface area (Å²) in [6.07, 6.45) is 8.58. The van der Waals surface area contributed by atoms with Crippen LogP contribution in [0.3, 0.4) is 0 Å². The summed E-state index contributed by atoms with van der Waals surface area (Å²) in [6, 6.07) is 0. The minimum absolute atomic E-state index is 0.287. The fourth-order valence-electron chi connectivity index (χ4n) is 3.53. The number of hydrogen-bond acceptors (Lipinski definition) is 1. The number of carbonyl (C=O) groups excluding carboxylic acids is 1. The Balaban J connectivity index is 2.28. The van der Waals surface area contributed by atoms with Crippen LogP contribution in [0.1, 0.15) is 52.9 Å². The van der Waals surface area contributed by atoms with E-state index in [1.807, 2.05) is 0 Å². The number of allylic oxidation sites excluding steroid dienone is 2. The highest BCUT2D eigenvalue weighted by atomic mass is 16.1. The number of hydrogen-bond donors (Lipinski definition) is 0. The van der Waals surface area contributed by atoms with Crippen LogP contribution < -0.4 is 0 Å². The Morgan fingerprint density at radius 1 is 1.47 bits per heavy atom. The molecule has 0 aromatic rings. The quantitative estimate of drug-likeness (QED) is 0.638. The molecular formula is C14H22O. The molecule has 0 saturated heterocycles. The molecule has 0 aromatic carbocycles. The molecule has 0 aromatic heterocycles. The van der Waals surface area contributed by atoms with Crippen LogP contribution in [-0.4, -0.2) is 5.78 Å². The summed E-state index contributed by atoms with van der Waals surface area (Å²) < 4.78 is 0. The van der Waals surface area contributed by atoms with E-state index in [0.29, 0.717) is 11.3 Å². The van der Waals surface area contributed by atoms with Crippen molar-refractivity contribution in [2.45, 2.75) is 52.9 Å². The SMILES string of the molecule is CC(=O)C1=C[C@H]2[C@H](C)CCC[C@@]2(C)CC1. The third-order valence-electron chi connectivity index (χ3n) is 4.62. The van der Waals surface area contributed by atoms with E-state index < -0.39 is 0 Å². The highest BCUT2D eigenvalue weighted by Gasteiger charge is 2.41. The van der Waals surface area contributed by atoms with Gasteiger partial charge in [-0.1, -0.05) is 32.8 Å². The zero-order chi connectivity index (χ0) is 11.1. The Kier molecular flexibility index (Phi) is 2.74. The van der Waals surface area contributed by atoms with Gasteiger partial charge in [-0.05, 0) is 49.0 Å². The molecule has 2 rings (SSSR count). The maximum atomic E-state index is 11.4. The minimum Gasteiger partial charge on any atom is -0.295 e. The first-order chi connectivity index (χ1) is 7.03. The van der Waals surface area contributed by atoms with Crippen LogP contribution in [0.15, 0.2) is 11.6 Å². The summed E-state index contributed by atoms with van der Waals surface area (Å²) in [5, 5.41) is 0. The molecule has 0 spiro atoms. The summed E-state index contributed by atoms with van der Waals surface area (Å²) in [4.78, 5) is 11.4. The second-order valence-electron chi connectivity index (χ2n) is 5.80. The maximum absolute atomic E-state index is 11.4. The summed E-state index contributed by atoms with van der Waals surface area (Å²) in [5.41, 5.74) is 1.57. The molecule has 0 radical (unpaired) electrons. The summed E-state index contributed by atoms with van der Waals surface area (Å²) in [6.45, 7) is 6.48. The van der Waals surface area contributed by atoms with E-state index in [0.717, 1.165) is 17.9 Å². The van der Waals surface area contributed by atoms with E-state index in [1.165, 1.54) is 25.7 Å². The normalized spacial score (nSPS) is 40.6. The first-order valence-electron chi connectivity index (χ1n) is 6.24. The van der Waals surface area contributed by atoms with E-state index in [1.54, 1.807) is 6.92 Å². The highest BCUT2D eigenvalue weighted by Crippen LogP contribution is 2.51. The molecular weight excluding hydrogens is 184 g/mol. The molecule has 0 bridgehead atoms. The zero-order valence-corrected chi connectivity index (χ0v) is 10.2. The van der Waals surface area contributed by atoms with Gasteiger partial charge in [0.05, 0.1) is 0 Å². The smallest absolute Gasteiger partial charge is 0.155 e. The van der Waals surface area contributed by atoms with Crippen molar-refractivity contribution in [1.82, 2.24) is 0 Å². The van der Waals surface area contributed by atoms with Crippen LogP contribution in [0.5, 0.6) is 0 Å². The molecule has 1 saturated carbocycles. The van der Waals surface area contributed by atoms with Crippen molar-refractivity contribution in [2.24, 2.45) is 17.3 Å². The van der Waals surface area contributed by atoms with Crippen molar-refractivity contribution in [2.75, 3.05) is 0 Å². The summed E-state index contributed by atoms with van der Waals surface area (Å²) in [5.74, 6) is 1.70. The molecule has 3 atom stereocenters. The minimum atomic E-state index is 0.287. The number of carbonyl (C=O) groups is 1. The molecule has 0 N–H and O–H groups in total. The number of ketones is 1. The molecule has 2 aliphatic carbocycles. The largest absolute Gasteiger partial charge is 0.295 e. The first-order valence-corrected chi connectivity index (χ1v) is 6.24. The predicted octanol–water partition coefficient (Wildman–Crippen LogP) is 3.74. The third-order valence-corrected chi connectivity index (χ3v) is 4.62. The topological polar surface area (TPSA) is 17.1 Å². The molecule has 0 heterocycles. The number of fused-ring (bicyclic) bond motifs is 1. The van der Waals surface area contributed by atoms with Crippen molar-refractivity contribution in [3.63, 3.8) is 0 Å². The fraction of sp³-hybridized carbons (Fsp3) is 0.786. The van der Waals surface area contributed by atoms with Gasteiger partial charge in [0.1, 0.15) is 0 Å². The molecule has 0 aliphatic heterocycles. The van der Waals surface area contributed by atoms with Gasteiger partial charge in [-0.3, -0.25) is 4.79 Å². The third kappa shape index (κ3) is 1.89. The van der Waals surface area contributed by atoms with Gasteiger partial charge in [0.2, 0.25) is 0 Å². The molecule has 1 fully saturated rings. The van der Waals surface area contributed by atoms with E-state index in [-0.39, 0.29) is 5.78 Å². The Labute approximate surface area is 92.9 Å². The van der Waals surface area contributed by atoms with E-state index >= 15 is 0 Å². The molecule has 2 aliphatic rings. The lowest BCUT2D eigenvalue weighted by atomic mass is 9.58. The lowest BCUT2D eigenvalue weighted by Gasteiger charge is -2.47. The zero-order valence-electron chi connectivity index (χ0n) is 10.2. The van der Waals surface area contributed by atoms with Crippen LogP contribution in [0.4, 0.5) is 0 Å². The van der Waals surface area contributed by atoms with Gasteiger partial charge in [0.25, 0.3) is 0 Å². The maximum Gasteiger partial charge on any atom is 0.155 e. The Bertz CT molecular complexity index is 302. The van der Waals surface area contributed by atoms with Crippen molar-refractivity contribution < 1.29 is 4.79 Å². The molecule has 0 unspecified atom stereocenters. The van der Waals surface area contributed by atoms with Crippen LogP contribution in [-0.2, 0) is 4.79 Å². The Morgan fingerprint density at radius 2 is 2.20 bits per heavy atom. The average Bonchev–Trinajstić information content (AvgIpc) is 2.17. The van der Waals surface area contributed by atoms with Gasteiger partial charge in [-0.2, -0.15) is 0 Å². The second kappa shape index (κ2) is 3.77. The van der Waals surface area contributed by atoms with Gasteiger partial charge < -0.3 is 0 Å². The van der Waals surface area contributed by atoms with Gasteiger partial charge >= 0.3 is 0 Å². The van der Waals surface area contributed by atoms with Crippen molar-refractivity contribution in [3.05, 3.63) is 11.6 Å². The lowest BCUT2D eigenvalue weighted by Crippen LogP contribution is -2.37. The van der Waals surface area contributed by atoms with Gasteiger partial charge in [-0.15, -0.1) is 0 Å². The average molecular weight is 206 g/mol. The van der Waals surface area contributed by atoms with Gasteiger partial charge in [0, 0.05) is 0 Å². The van der Waals surface area contributed by atoms with E-state index in [9.17, 15) is 4.79 Å². The lowest BCUT2D eigenvalue weighted by molar-refractivity contribution is -0.114. The highest BCUT2D eigenvalue weighted by molar-refractivity contribution is 5.93. The molecule has 1 nitrogen and oxygen atoms in total. The standard InChI is InChI=1S/C14H22O/c1-10-5-4-7-14(3)8-6-12(11(2)15)9-13(10)14/h9-10,13H,4-8H2,1-3H3/t10-,13+,14+/m1/s1. The summed E-state index contributed by atoms with van der Waals surface area (Å²) >= 11 is 0. The summed E-state index contributed by atoms with van der Waals surface area (Å²) in [7, 11) is 0. The first kappa shape index (κ1) is 10.9. The molecule has 15 heavy (non-hydrogen) atoms. The van der Waals surface area contributed by atoms with E-state index in [2.05, 4.69) is 19.9 Å². The Hall–Kier alpha value is -0.590. The van der Waals surface area contributed by atoms with Crippen molar-refractivity contribution in [3.8, 4) is 0 Å². The molecule has 1 heteroatoms. The van der Waals surface area contributed by atoms with Crippen LogP contribution in [0.2, 0.25) is 0 Å². The Morgan fingerprint density at radius 3 is 2.87 bits per heavy atom. The van der Waals surface area contributed by atoms with Crippen LogP contribution in [0, 0.1) is 17.3 Å². The molecule has 0 amide bonds. The fourth-order valence-corrected chi connectivity index (χ4v) is 3.53. The number of rotatable bonds is 1. The van der Waals surface area contributed by atoms with Crippen LogP contribution in [0.25, 0.3) is 0 Å². The monoisotopic (exact) mass is 206 g/mol. The van der Waals surface area contributed by atoms with Gasteiger partial charge in [0.15, 0.2) is 5.78 Å². The van der Waals surface area contributed by atoms with E-state index in [4.69, 9.17) is 0 Å². The predicted molar refractivity (Wildman–Crippen MR) is 62.6 cm³/mol. The van der Waals surface area contributed by atoms with Crippen molar-refractivity contribution in [1.29, 1.82) is 0 Å². The molecule has 84 valence electrons.